The van der Waals surface area contributed by atoms with Gasteiger partial charge in [0.25, 0.3) is 0 Å². The summed E-state index contributed by atoms with van der Waals surface area (Å²) in [6.45, 7) is 4.38. The van der Waals surface area contributed by atoms with E-state index in [9.17, 15) is 0 Å². The molecule has 90 valence electrons. The molecule has 0 spiro atoms. The van der Waals surface area contributed by atoms with E-state index in [4.69, 9.17) is 0 Å². The summed E-state index contributed by atoms with van der Waals surface area (Å²) < 4.78 is 0. The molecule has 0 amide bonds. The van der Waals surface area contributed by atoms with Crippen LogP contribution in [0.25, 0.3) is 0 Å². The average Bonchev–Trinajstić information content (AvgIpc) is 2.53. The molecule has 1 aliphatic carbocycles. The molecule has 16 heavy (non-hydrogen) atoms. The molecule has 0 bridgehead atoms. The monoisotopic (exact) mass is 238 g/mol. The van der Waals surface area contributed by atoms with E-state index < -0.39 is 0 Å². The van der Waals surface area contributed by atoms with Crippen LogP contribution in [-0.2, 0) is 0 Å². The van der Waals surface area contributed by atoms with Crippen molar-refractivity contribution in [3.05, 3.63) is 16.1 Å². The first-order chi connectivity index (χ1) is 7.77. The Bertz CT molecular complexity index is 313. The fourth-order valence-electron chi connectivity index (χ4n) is 2.60. The molecule has 0 aromatic carbocycles. The van der Waals surface area contributed by atoms with Gasteiger partial charge in [-0.2, -0.15) is 0 Å². The third-order valence-electron chi connectivity index (χ3n) is 3.52. The summed E-state index contributed by atoms with van der Waals surface area (Å²) in [6, 6.07) is 1.19. The third kappa shape index (κ3) is 3.05. The lowest BCUT2D eigenvalue weighted by atomic mass is 10.1. The molecule has 0 saturated heterocycles. The Morgan fingerprint density at radius 3 is 2.56 bits per heavy atom. The minimum Gasteiger partial charge on any atom is -0.307 e. The first-order valence-electron chi connectivity index (χ1n) is 6.43. The summed E-state index contributed by atoms with van der Waals surface area (Å²) in [5.41, 5.74) is 3.15. The van der Waals surface area contributed by atoms with Crippen LogP contribution < -0.4 is 5.32 Å². The van der Waals surface area contributed by atoms with Crippen molar-refractivity contribution in [2.24, 2.45) is 0 Å². The summed E-state index contributed by atoms with van der Waals surface area (Å²) in [4.78, 5) is 5.73. The zero-order valence-corrected chi connectivity index (χ0v) is 11.1. The number of aryl methyl sites for hydroxylation is 1. The van der Waals surface area contributed by atoms with E-state index in [0.29, 0.717) is 6.04 Å². The van der Waals surface area contributed by atoms with Gasteiger partial charge in [0.05, 0.1) is 11.2 Å². The highest BCUT2D eigenvalue weighted by atomic mass is 32.1. The van der Waals surface area contributed by atoms with E-state index in [1.54, 1.807) is 11.3 Å². The van der Waals surface area contributed by atoms with Crippen LogP contribution in [0, 0.1) is 6.92 Å². The molecule has 1 N–H and O–H groups in total. The predicted octanol–water partition coefficient (Wildman–Crippen LogP) is 3.82. The van der Waals surface area contributed by atoms with Gasteiger partial charge in [0.15, 0.2) is 0 Å². The highest BCUT2D eigenvalue weighted by Gasteiger charge is 2.17. The number of aromatic nitrogens is 1. The standard InChI is InChI=1S/C13H22N2S/c1-10-13(16-9-14-10)11(2)15-12-7-5-3-4-6-8-12/h9,11-12,15H,3-8H2,1-2H3. The lowest BCUT2D eigenvalue weighted by molar-refractivity contribution is 0.416. The number of thiazole rings is 1. The topological polar surface area (TPSA) is 24.9 Å². The Morgan fingerprint density at radius 1 is 1.31 bits per heavy atom. The second kappa shape index (κ2) is 5.78. The molecule has 1 atom stereocenters. The second-order valence-corrected chi connectivity index (χ2v) is 5.77. The molecule has 1 unspecified atom stereocenters. The maximum atomic E-state index is 4.33. The molecule has 0 radical (unpaired) electrons. The highest BCUT2D eigenvalue weighted by molar-refractivity contribution is 7.09. The molecule has 2 rings (SSSR count). The first kappa shape index (κ1) is 12.1. The average molecular weight is 238 g/mol. The quantitative estimate of drug-likeness (QED) is 0.810. The Balaban J connectivity index is 1.91. The fraction of sp³-hybridized carbons (Fsp3) is 0.769. The van der Waals surface area contributed by atoms with Crippen LogP contribution in [0.1, 0.15) is 62.1 Å². The number of nitrogens with one attached hydrogen (secondary N) is 1. The molecule has 1 aliphatic rings. The molecule has 1 fully saturated rings. The molecular formula is C13H22N2S. The number of hydrogen-bond donors (Lipinski definition) is 1. The van der Waals surface area contributed by atoms with Gasteiger partial charge in [-0.3, -0.25) is 0 Å². The van der Waals surface area contributed by atoms with Crippen molar-refractivity contribution in [1.82, 2.24) is 10.3 Å². The lowest BCUT2D eigenvalue weighted by Gasteiger charge is -2.21. The number of rotatable bonds is 3. The maximum absolute atomic E-state index is 4.33. The van der Waals surface area contributed by atoms with Crippen molar-refractivity contribution in [1.29, 1.82) is 0 Å². The zero-order valence-electron chi connectivity index (χ0n) is 10.3. The normalized spacial score (nSPS) is 20.6. The van der Waals surface area contributed by atoms with Crippen LogP contribution in [-0.4, -0.2) is 11.0 Å². The van der Waals surface area contributed by atoms with Crippen molar-refractivity contribution in [3.8, 4) is 0 Å². The van der Waals surface area contributed by atoms with Crippen molar-refractivity contribution in [3.63, 3.8) is 0 Å². The molecule has 0 aliphatic heterocycles. The van der Waals surface area contributed by atoms with E-state index >= 15 is 0 Å². The summed E-state index contributed by atoms with van der Waals surface area (Å²) in [5.74, 6) is 0. The van der Waals surface area contributed by atoms with Crippen LogP contribution in [0.15, 0.2) is 5.51 Å². The summed E-state index contributed by atoms with van der Waals surface area (Å²) in [5, 5.41) is 3.77. The van der Waals surface area contributed by atoms with E-state index in [0.717, 1.165) is 6.04 Å². The van der Waals surface area contributed by atoms with Gasteiger partial charge in [-0.05, 0) is 26.7 Å². The van der Waals surface area contributed by atoms with E-state index in [2.05, 4.69) is 24.1 Å². The first-order valence-corrected chi connectivity index (χ1v) is 7.31. The summed E-state index contributed by atoms with van der Waals surface area (Å²) in [6.07, 6.45) is 8.33. The van der Waals surface area contributed by atoms with Gasteiger partial charge in [-0.25, -0.2) is 4.98 Å². The van der Waals surface area contributed by atoms with Crippen molar-refractivity contribution in [2.75, 3.05) is 0 Å². The molecule has 2 nitrogen and oxygen atoms in total. The fourth-order valence-corrected chi connectivity index (χ4v) is 3.42. The van der Waals surface area contributed by atoms with Gasteiger partial charge in [-0.1, -0.05) is 25.7 Å². The van der Waals surface area contributed by atoms with Gasteiger partial charge in [-0.15, -0.1) is 11.3 Å². The molecule has 3 heteroatoms. The van der Waals surface area contributed by atoms with Gasteiger partial charge in [0.1, 0.15) is 0 Å². The number of hydrogen-bond acceptors (Lipinski definition) is 3. The highest BCUT2D eigenvalue weighted by Crippen LogP contribution is 2.24. The molecular weight excluding hydrogens is 216 g/mol. The number of nitrogens with zero attached hydrogens (tertiary/aromatic N) is 1. The van der Waals surface area contributed by atoms with Crippen LogP contribution in [0.2, 0.25) is 0 Å². The van der Waals surface area contributed by atoms with Crippen LogP contribution in [0.5, 0.6) is 0 Å². The van der Waals surface area contributed by atoms with Crippen LogP contribution in [0.3, 0.4) is 0 Å². The van der Waals surface area contributed by atoms with Crippen LogP contribution >= 0.6 is 11.3 Å². The van der Waals surface area contributed by atoms with E-state index in [1.165, 1.54) is 49.1 Å². The van der Waals surface area contributed by atoms with Crippen molar-refractivity contribution >= 4 is 11.3 Å². The largest absolute Gasteiger partial charge is 0.307 e. The molecule has 1 saturated carbocycles. The lowest BCUT2D eigenvalue weighted by Crippen LogP contribution is -2.30. The Morgan fingerprint density at radius 2 is 2.00 bits per heavy atom. The summed E-state index contributed by atoms with van der Waals surface area (Å²) >= 11 is 1.78. The van der Waals surface area contributed by atoms with Crippen molar-refractivity contribution in [2.45, 2.75) is 64.5 Å². The Hall–Kier alpha value is -0.410. The molecule has 1 heterocycles. The Labute approximate surface area is 102 Å². The van der Waals surface area contributed by atoms with E-state index in [-0.39, 0.29) is 0 Å². The SMILES string of the molecule is Cc1ncsc1C(C)NC1CCCCCC1. The van der Waals surface area contributed by atoms with E-state index in [1.807, 2.05) is 5.51 Å². The maximum Gasteiger partial charge on any atom is 0.0798 e. The van der Waals surface area contributed by atoms with Gasteiger partial charge >= 0.3 is 0 Å². The van der Waals surface area contributed by atoms with Gasteiger partial charge < -0.3 is 5.32 Å². The third-order valence-corrected chi connectivity index (χ3v) is 4.63. The second-order valence-electron chi connectivity index (χ2n) is 4.88. The smallest absolute Gasteiger partial charge is 0.0798 e. The summed E-state index contributed by atoms with van der Waals surface area (Å²) in [7, 11) is 0. The molecule has 1 aromatic rings. The van der Waals surface area contributed by atoms with Crippen molar-refractivity contribution < 1.29 is 0 Å². The zero-order chi connectivity index (χ0) is 11.4. The minimum atomic E-state index is 0.468. The Kier molecular flexibility index (Phi) is 4.36. The van der Waals surface area contributed by atoms with Gasteiger partial charge in [0.2, 0.25) is 0 Å². The molecule has 1 aromatic heterocycles. The predicted molar refractivity (Wildman–Crippen MR) is 69.9 cm³/mol. The van der Waals surface area contributed by atoms with Crippen LogP contribution in [0.4, 0.5) is 0 Å². The van der Waals surface area contributed by atoms with Gasteiger partial charge in [0, 0.05) is 17.0 Å². The minimum absolute atomic E-state index is 0.468.